The zero-order valence-electron chi connectivity index (χ0n) is 12.7. The van der Waals surface area contributed by atoms with Crippen LogP contribution in [-0.4, -0.2) is 11.5 Å². The third-order valence-electron chi connectivity index (χ3n) is 3.60. The Morgan fingerprint density at radius 3 is 2.29 bits per heavy atom. The van der Waals surface area contributed by atoms with E-state index in [1.165, 1.54) is 10.9 Å². The van der Waals surface area contributed by atoms with Gasteiger partial charge in [0.2, 0.25) is 0 Å². The van der Waals surface area contributed by atoms with Crippen LogP contribution in [0.25, 0.3) is 10.8 Å². The van der Waals surface area contributed by atoms with Crippen molar-refractivity contribution >= 4 is 18.4 Å². The Balaban J connectivity index is 2.40. The van der Waals surface area contributed by atoms with Crippen molar-refractivity contribution in [2.24, 2.45) is 0 Å². The van der Waals surface area contributed by atoms with Gasteiger partial charge in [-0.05, 0) is 41.7 Å². The Labute approximate surface area is 126 Å². The second kappa shape index (κ2) is 7.22. The van der Waals surface area contributed by atoms with E-state index in [-0.39, 0.29) is 12.8 Å². The summed E-state index contributed by atoms with van der Waals surface area (Å²) in [5.74, 6) is 0. The lowest BCUT2D eigenvalue weighted by atomic mass is 9.98. The van der Waals surface area contributed by atoms with Crippen molar-refractivity contribution in [1.29, 1.82) is 0 Å². The lowest BCUT2D eigenvalue weighted by molar-refractivity contribution is 0.273. The Morgan fingerprint density at radius 1 is 1.05 bits per heavy atom. The van der Waals surface area contributed by atoms with Crippen molar-refractivity contribution in [3.05, 3.63) is 47.5 Å². The molecule has 0 aromatic heterocycles. The first-order chi connectivity index (χ1) is 10.1. The molecule has 2 aromatic rings. The molecule has 1 N–H and O–H groups in total. The molecule has 1 unspecified atom stereocenters. The van der Waals surface area contributed by atoms with Crippen molar-refractivity contribution in [2.45, 2.75) is 39.3 Å². The van der Waals surface area contributed by atoms with Crippen molar-refractivity contribution < 1.29 is 14.0 Å². The maximum Gasteiger partial charge on any atom is 0.332 e. The second-order valence-electron chi connectivity index (χ2n) is 5.25. The van der Waals surface area contributed by atoms with E-state index in [0.717, 1.165) is 30.2 Å². The fourth-order valence-electron chi connectivity index (χ4n) is 2.63. The summed E-state index contributed by atoms with van der Waals surface area (Å²) in [6, 6.07) is 12.1. The molecule has 0 saturated carbocycles. The summed E-state index contributed by atoms with van der Waals surface area (Å²) in [4.78, 5) is 9.87. The van der Waals surface area contributed by atoms with E-state index in [0.29, 0.717) is 0 Å². The van der Waals surface area contributed by atoms with Gasteiger partial charge in [0.25, 0.3) is 0 Å². The molecule has 3 nitrogen and oxygen atoms in total. The van der Waals surface area contributed by atoms with Gasteiger partial charge in [0.05, 0.1) is 12.8 Å². The monoisotopic (exact) mass is 306 g/mol. The van der Waals surface area contributed by atoms with Gasteiger partial charge in [0, 0.05) is 0 Å². The molecule has 0 aliphatic carbocycles. The van der Waals surface area contributed by atoms with Crippen molar-refractivity contribution in [2.75, 3.05) is 6.61 Å². The lowest BCUT2D eigenvalue weighted by Gasteiger charge is -2.14. The van der Waals surface area contributed by atoms with Gasteiger partial charge >= 0.3 is 7.60 Å². The van der Waals surface area contributed by atoms with Gasteiger partial charge in [-0.1, -0.05) is 49.7 Å². The largest absolute Gasteiger partial charge is 0.332 e. The molecular formula is C17H23O3P. The van der Waals surface area contributed by atoms with Crippen molar-refractivity contribution in [3.8, 4) is 0 Å². The number of unbranched alkanes of at least 4 members (excludes halogenated alkanes) is 1. The van der Waals surface area contributed by atoms with Gasteiger partial charge in [-0.15, -0.1) is 0 Å². The van der Waals surface area contributed by atoms with Crippen LogP contribution in [0, 0.1) is 0 Å². The van der Waals surface area contributed by atoms with Crippen LogP contribution < -0.4 is 0 Å². The van der Waals surface area contributed by atoms with E-state index >= 15 is 0 Å². The molecule has 114 valence electrons. The Morgan fingerprint density at radius 2 is 1.67 bits per heavy atom. The lowest BCUT2D eigenvalue weighted by Crippen LogP contribution is -1.95. The zero-order chi connectivity index (χ0) is 15.3. The molecule has 0 bridgehead atoms. The first-order valence-electron chi connectivity index (χ1n) is 7.53. The highest BCUT2D eigenvalue weighted by Crippen LogP contribution is 2.46. The molecule has 2 aromatic carbocycles. The van der Waals surface area contributed by atoms with Gasteiger partial charge in [0.15, 0.2) is 0 Å². The fourth-order valence-corrected chi connectivity index (χ4v) is 3.83. The van der Waals surface area contributed by atoms with E-state index in [1.54, 1.807) is 6.92 Å². The zero-order valence-corrected chi connectivity index (χ0v) is 13.6. The molecule has 2 rings (SSSR count). The van der Waals surface area contributed by atoms with E-state index < -0.39 is 7.60 Å². The van der Waals surface area contributed by atoms with E-state index in [9.17, 15) is 9.46 Å². The smallest absolute Gasteiger partial charge is 0.324 e. The van der Waals surface area contributed by atoms with Crippen LogP contribution in [0.15, 0.2) is 36.4 Å². The Bertz CT molecular complexity index is 652. The average molecular weight is 306 g/mol. The minimum atomic E-state index is -3.56. The summed E-state index contributed by atoms with van der Waals surface area (Å²) in [7, 11) is -3.56. The quantitative estimate of drug-likeness (QED) is 0.740. The highest BCUT2D eigenvalue weighted by Gasteiger charge is 2.20. The molecule has 0 aliphatic rings. The second-order valence-corrected chi connectivity index (χ2v) is 7.10. The summed E-state index contributed by atoms with van der Waals surface area (Å²) in [6.45, 7) is 4.16. The van der Waals surface area contributed by atoms with Crippen molar-refractivity contribution in [3.63, 3.8) is 0 Å². The van der Waals surface area contributed by atoms with Crippen LogP contribution in [0.4, 0.5) is 0 Å². The molecule has 21 heavy (non-hydrogen) atoms. The summed E-state index contributed by atoms with van der Waals surface area (Å²) < 4.78 is 17.0. The average Bonchev–Trinajstić information content (AvgIpc) is 2.45. The molecule has 0 spiro atoms. The SMILES string of the molecule is CCCCc1cccc2c(CP(=O)(O)OCC)cccc12. The summed E-state index contributed by atoms with van der Waals surface area (Å²) in [5.41, 5.74) is 2.19. The molecule has 0 heterocycles. The van der Waals surface area contributed by atoms with Crippen LogP contribution in [0.2, 0.25) is 0 Å². The number of hydrogen-bond acceptors (Lipinski definition) is 2. The van der Waals surface area contributed by atoms with Gasteiger partial charge in [-0.25, -0.2) is 0 Å². The Hall–Kier alpha value is -1.15. The predicted octanol–water partition coefficient (Wildman–Crippen LogP) is 4.90. The third-order valence-corrected chi connectivity index (χ3v) is 5.01. The maximum atomic E-state index is 12.0. The van der Waals surface area contributed by atoms with Crippen LogP contribution in [-0.2, 0) is 21.7 Å². The molecule has 4 heteroatoms. The van der Waals surface area contributed by atoms with E-state index in [2.05, 4.69) is 19.1 Å². The molecule has 0 amide bonds. The Kier molecular flexibility index (Phi) is 5.58. The number of aryl methyl sites for hydroxylation is 1. The van der Waals surface area contributed by atoms with E-state index in [4.69, 9.17) is 4.52 Å². The topological polar surface area (TPSA) is 46.5 Å². The summed E-state index contributed by atoms with van der Waals surface area (Å²) >= 11 is 0. The predicted molar refractivity (Wildman–Crippen MR) is 87.7 cm³/mol. The number of fused-ring (bicyclic) bond motifs is 1. The minimum Gasteiger partial charge on any atom is -0.324 e. The number of hydrogen-bond donors (Lipinski definition) is 1. The van der Waals surface area contributed by atoms with Gasteiger partial charge in [-0.3, -0.25) is 4.57 Å². The highest BCUT2D eigenvalue weighted by atomic mass is 31.2. The van der Waals surface area contributed by atoms with Crippen LogP contribution >= 0.6 is 7.60 Å². The molecule has 0 saturated heterocycles. The number of benzene rings is 2. The van der Waals surface area contributed by atoms with Gasteiger partial charge in [0.1, 0.15) is 0 Å². The van der Waals surface area contributed by atoms with Crippen LogP contribution in [0.1, 0.15) is 37.8 Å². The summed E-state index contributed by atoms with van der Waals surface area (Å²) in [5, 5.41) is 2.24. The third kappa shape index (κ3) is 4.16. The normalized spacial score (nSPS) is 14.2. The van der Waals surface area contributed by atoms with E-state index in [1.807, 2.05) is 24.3 Å². The molecule has 0 radical (unpaired) electrons. The van der Waals surface area contributed by atoms with Gasteiger partial charge < -0.3 is 9.42 Å². The van der Waals surface area contributed by atoms with Gasteiger partial charge in [-0.2, -0.15) is 0 Å². The standard InChI is InChI=1S/C17H23O3P/c1-3-5-8-14-9-6-12-17-15(10-7-11-16(14)17)13-21(18,19)20-4-2/h6-7,9-12H,3-5,8,13H2,1-2H3,(H,18,19). The molecule has 0 fully saturated rings. The molecular weight excluding hydrogens is 283 g/mol. The fraction of sp³-hybridized carbons (Fsp3) is 0.412. The van der Waals surface area contributed by atoms with Crippen molar-refractivity contribution in [1.82, 2.24) is 0 Å². The minimum absolute atomic E-state index is 0.0649. The number of rotatable bonds is 7. The summed E-state index contributed by atoms with van der Waals surface area (Å²) in [6.07, 6.45) is 3.42. The van der Waals surface area contributed by atoms with Crippen LogP contribution in [0.3, 0.4) is 0 Å². The maximum absolute atomic E-state index is 12.0. The van der Waals surface area contributed by atoms with Crippen LogP contribution in [0.5, 0.6) is 0 Å². The first kappa shape index (κ1) is 16.2. The molecule has 1 atom stereocenters. The molecule has 0 aliphatic heterocycles. The highest BCUT2D eigenvalue weighted by molar-refractivity contribution is 7.52. The first-order valence-corrected chi connectivity index (χ1v) is 9.29.